The molecule has 1 aromatic heterocycles. The summed E-state index contributed by atoms with van der Waals surface area (Å²) in [5.41, 5.74) is 0.760. The van der Waals surface area contributed by atoms with E-state index in [9.17, 15) is 4.39 Å². The quantitative estimate of drug-likeness (QED) is 0.908. The van der Waals surface area contributed by atoms with E-state index < -0.39 is 0 Å². The minimum atomic E-state index is -0.306. The van der Waals surface area contributed by atoms with E-state index in [1.807, 2.05) is 0 Å². The number of rotatable bonds is 2. The predicted octanol–water partition coefficient (Wildman–Crippen LogP) is 3.34. The molecule has 0 spiro atoms. The van der Waals surface area contributed by atoms with E-state index in [1.54, 1.807) is 18.2 Å². The van der Waals surface area contributed by atoms with Crippen molar-refractivity contribution in [3.8, 4) is 11.3 Å². The molecule has 2 nitrogen and oxygen atoms in total. The van der Waals surface area contributed by atoms with Gasteiger partial charge >= 0.3 is 0 Å². The smallest absolute Gasteiger partial charge is 0.135 e. The van der Waals surface area contributed by atoms with Crippen LogP contribution in [0.15, 0.2) is 39.2 Å². The van der Waals surface area contributed by atoms with Gasteiger partial charge in [0.2, 0.25) is 0 Å². The summed E-state index contributed by atoms with van der Waals surface area (Å²) in [5, 5.41) is 8.85. The first-order valence-electron chi connectivity index (χ1n) is 4.35. The maximum absolute atomic E-state index is 12.8. The van der Waals surface area contributed by atoms with Gasteiger partial charge < -0.3 is 9.52 Å². The van der Waals surface area contributed by atoms with E-state index in [2.05, 4.69) is 15.9 Å². The molecule has 0 aliphatic rings. The lowest BCUT2D eigenvalue weighted by molar-refractivity contribution is 0.248. The summed E-state index contributed by atoms with van der Waals surface area (Å²) in [6, 6.07) is 7.78. The lowest BCUT2D eigenvalue weighted by Crippen LogP contribution is -1.80. The van der Waals surface area contributed by atoms with Gasteiger partial charge in [0, 0.05) is 10.0 Å². The number of hydrogen-bond donors (Lipinski definition) is 1. The van der Waals surface area contributed by atoms with E-state index in [-0.39, 0.29) is 12.4 Å². The first-order chi connectivity index (χ1) is 7.20. The number of benzene rings is 1. The Hall–Kier alpha value is -1.13. The molecule has 0 radical (unpaired) electrons. The molecule has 1 aromatic carbocycles. The van der Waals surface area contributed by atoms with Crippen molar-refractivity contribution >= 4 is 15.9 Å². The van der Waals surface area contributed by atoms with Crippen molar-refractivity contribution in [2.45, 2.75) is 6.61 Å². The molecule has 2 rings (SSSR count). The van der Waals surface area contributed by atoms with Gasteiger partial charge in [-0.2, -0.15) is 0 Å². The third-order valence-electron chi connectivity index (χ3n) is 2.01. The van der Waals surface area contributed by atoms with Crippen LogP contribution in [0.25, 0.3) is 11.3 Å². The molecule has 0 atom stereocenters. The molecular formula is C11H8BrFO2. The van der Waals surface area contributed by atoms with Crippen LogP contribution in [-0.2, 0) is 6.61 Å². The summed E-state index contributed by atoms with van der Waals surface area (Å²) < 4.78 is 18.8. The van der Waals surface area contributed by atoms with Crippen molar-refractivity contribution in [2.24, 2.45) is 0 Å². The first-order valence-corrected chi connectivity index (χ1v) is 5.15. The van der Waals surface area contributed by atoms with Crippen LogP contribution in [0.4, 0.5) is 4.39 Å². The molecule has 0 unspecified atom stereocenters. The van der Waals surface area contributed by atoms with Gasteiger partial charge in [-0.25, -0.2) is 4.39 Å². The van der Waals surface area contributed by atoms with Crippen LogP contribution in [0, 0.1) is 5.82 Å². The number of aliphatic hydroxyl groups is 1. The Morgan fingerprint density at radius 3 is 2.67 bits per heavy atom. The average molecular weight is 271 g/mol. The van der Waals surface area contributed by atoms with Crippen LogP contribution in [0.2, 0.25) is 0 Å². The zero-order valence-corrected chi connectivity index (χ0v) is 9.29. The zero-order chi connectivity index (χ0) is 10.8. The average Bonchev–Trinajstić information content (AvgIpc) is 2.66. The van der Waals surface area contributed by atoms with Crippen molar-refractivity contribution in [2.75, 3.05) is 0 Å². The van der Waals surface area contributed by atoms with Gasteiger partial charge in [-0.15, -0.1) is 0 Å². The first kappa shape index (κ1) is 10.4. The molecule has 0 aliphatic heterocycles. The topological polar surface area (TPSA) is 33.4 Å². The third kappa shape index (κ3) is 2.11. The Bertz CT molecular complexity index is 479. The van der Waals surface area contributed by atoms with Gasteiger partial charge in [0.15, 0.2) is 0 Å². The summed E-state index contributed by atoms with van der Waals surface area (Å²) in [7, 11) is 0. The summed E-state index contributed by atoms with van der Waals surface area (Å²) in [6.07, 6.45) is 0. The second-order valence-electron chi connectivity index (χ2n) is 3.05. The van der Waals surface area contributed by atoms with Gasteiger partial charge in [-0.05, 0) is 46.3 Å². The van der Waals surface area contributed by atoms with E-state index in [0.29, 0.717) is 16.0 Å². The highest BCUT2D eigenvalue weighted by Gasteiger charge is 2.08. The van der Waals surface area contributed by atoms with Crippen LogP contribution in [0.5, 0.6) is 0 Å². The third-order valence-corrected chi connectivity index (χ3v) is 2.67. The van der Waals surface area contributed by atoms with Crippen LogP contribution in [0.3, 0.4) is 0 Å². The molecule has 0 amide bonds. The van der Waals surface area contributed by atoms with Crippen molar-refractivity contribution in [3.63, 3.8) is 0 Å². The normalized spacial score (nSPS) is 10.6. The second-order valence-corrected chi connectivity index (χ2v) is 3.90. The molecule has 4 heteroatoms. The van der Waals surface area contributed by atoms with Crippen molar-refractivity contribution in [3.05, 3.63) is 46.4 Å². The molecular weight excluding hydrogens is 263 g/mol. The van der Waals surface area contributed by atoms with Crippen LogP contribution in [0.1, 0.15) is 5.76 Å². The highest BCUT2D eigenvalue weighted by molar-refractivity contribution is 9.10. The Morgan fingerprint density at radius 1 is 1.27 bits per heavy atom. The van der Waals surface area contributed by atoms with Crippen LogP contribution >= 0.6 is 15.9 Å². The monoisotopic (exact) mass is 270 g/mol. The molecule has 0 saturated heterocycles. The van der Waals surface area contributed by atoms with E-state index in [4.69, 9.17) is 9.52 Å². The van der Waals surface area contributed by atoms with Crippen molar-refractivity contribution in [1.82, 2.24) is 0 Å². The minimum Gasteiger partial charge on any atom is -0.459 e. The molecule has 15 heavy (non-hydrogen) atoms. The van der Waals surface area contributed by atoms with Crippen molar-refractivity contribution in [1.29, 1.82) is 0 Å². The Kier molecular flexibility index (Phi) is 2.88. The Morgan fingerprint density at radius 2 is 2.07 bits per heavy atom. The highest BCUT2D eigenvalue weighted by Crippen LogP contribution is 2.30. The molecule has 78 valence electrons. The lowest BCUT2D eigenvalue weighted by Gasteiger charge is -2.00. The van der Waals surface area contributed by atoms with E-state index in [1.165, 1.54) is 12.1 Å². The molecule has 2 aromatic rings. The molecule has 0 fully saturated rings. The zero-order valence-electron chi connectivity index (χ0n) is 7.71. The second kappa shape index (κ2) is 4.16. The minimum absolute atomic E-state index is 0.140. The SMILES string of the molecule is OCc1ccc(-c2ccc(F)cc2Br)o1. The molecule has 1 heterocycles. The van der Waals surface area contributed by atoms with Crippen LogP contribution in [-0.4, -0.2) is 5.11 Å². The number of hydrogen-bond acceptors (Lipinski definition) is 2. The predicted molar refractivity (Wildman–Crippen MR) is 57.7 cm³/mol. The van der Waals surface area contributed by atoms with Gasteiger partial charge in [-0.3, -0.25) is 0 Å². The van der Waals surface area contributed by atoms with Gasteiger partial charge in [0.25, 0.3) is 0 Å². The number of halogens is 2. The standard InChI is InChI=1S/C11H8BrFO2/c12-10-5-7(13)1-3-9(10)11-4-2-8(6-14)15-11/h1-5,14H,6H2. The summed E-state index contributed by atoms with van der Waals surface area (Å²) in [5.74, 6) is 0.784. The summed E-state index contributed by atoms with van der Waals surface area (Å²) in [4.78, 5) is 0. The molecule has 0 bridgehead atoms. The maximum Gasteiger partial charge on any atom is 0.135 e. The molecule has 0 aliphatic carbocycles. The largest absolute Gasteiger partial charge is 0.459 e. The Balaban J connectivity index is 2.44. The van der Waals surface area contributed by atoms with Gasteiger partial charge in [-0.1, -0.05) is 0 Å². The van der Waals surface area contributed by atoms with Crippen molar-refractivity contribution < 1.29 is 13.9 Å². The fraction of sp³-hybridized carbons (Fsp3) is 0.0909. The fourth-order valence-corrected chi connectivity index (χ4v) is 1.84. The molecule has 1 N–H and O–H groups in total. The van der Waals surface area contributed by atoms with Crippen LogP contribution < -0.4 is 0 Å². The highest BCUT2D eigenvalue weighted by atomic mass is 79.9. The number of aliphatic hydroxyl groups excluding tert-OH is 1. The number of furan rings is 1. The fourth-order valence-electron chi connectivity index (χ4n) is 1.30. The van der Waals surface area contributed by atoms with Gasteiger partial charge in [0.05, 0.1) is 0 Å². The Labute approximate surface area is 94.5 Å². The van der Waals surface area contributed by atoms with Gasteiger partial charge in [0.1, 0.15) is 23.9 Å². The summed E-state index contributed by atoms with van der Waals surface area (Å²) >= 11 is 3.25. The molecule has 0 saturated carbocycles. The van der Waals surface area contributed by atoms with E-state index >= 15 is 0 Å². The summed E-state index contributed by atoms with van der Waals surface area (Å²) in [6.45, 7) is -0.140. The maximum atomic E-state index is 12.8. The lowest BCUT2D eigenvalue weighted by atomic mass is 10.2. The van der Waals surface area contributed by atoms with E-state index in [0.717, 1.165) is 5.56 Å².